The highest BCUT2D eigenvalue weighted by atomic mass is 16.4. The van der Waals surface area contributed by atoms with E-state index in [0.29, 0.717) is 4.48 Å². The van der Waals surface area contributed by atoms with Crippen LogP contribution < -0.4 is 0 Å². The number of rotatable bonds is 23. The first-order valence-electron chi connectivity index (χ1n) is 13.4. The maximum atomic E-state index is 10.2. The molecule has 0 bridgehead atoms. The van der Waals surface area contributed by atoms with Crippen molar-refractivity contribution in [1.82, 2.24) is 0 Å². The molecule has 0 saturated heterocycles. The molecule has 0 aromatic carbocycles. The van der Waals surface area contributed by atoms with Crippen LogP contribution in [0.25, 0.3) is 0 Å². The molecule has 0 heterocycles. The second-order valence-corrected chi connectivity index (χ2v) is 10.4. The summed E-state index contributed by atoms with van der Waals surface area (Å²) in [5, 5.41) is 48.2. The van der Waals surface area contributed by atoms with E-state index in [2.05, 4.69) is 6.92 Å². The molecule has 0 saturated carbocycles. The van der Waals surface area contributed by atoms with Gasteiger partial charge < -0.3 is 30.0 Å². The zero-order chi connectivity index (χ0) is 24.2. The minimum absolute atomic E-state index is 0.287. The van der Waals surface area contributed by atoms with Gasteiger partial charge in [0.05, 0.1) is 27.2 Å². The summed E-state index contributed by atoms with van der Waals surface area (Å²) < 4.78 is 0.540. The van der Waals surface area contributed by atoms with Gasteiger partial charge in [-0.1, -0.05) is 96.8 Å². The van der Waals surface area contributed by atoms with Gasteiger partial charge in [0, 0.05) is 0 Å². The molecule has 32 heavy (non-hydrogen) atoms. The van der Waals surface area contributed by atoms with Crippen LogP contribution in [0, 0.1) is 0 Å². The van der Waals surface area contributed by atoms with Gasteiger partial charge in [-0.2, -0.15) is 0 Å². The maximum absolute atomic E-state index is 10.2. The molecule has 194 valence electrons. The molecular weight excluding hydrogens is 406 g/mol. The molecule has 5 N–H and O–H groups in total. The Morgan fingerprint density at radius 2 is 0.875 bits per heavy atom. The number of nitrogens with zero attached hydrogens (tertiary/aromatic N) is 1. The number of hydrogen-bond donors (Lipinski definition) is 5. The van der Waals surface area contributed by atoms with Crippen molar-refractivity contribution in [3.8, 4) is 0 Å². The molecule has 0 fully saturated rings. The Morgan fingerprint density at radius 3 is 1.25 bits per heavy atom. The smallest absolute Gasteiger partial charge is 0.131 e. The summed E-state index contributed by atoms with van der Waals surface area (Å²) in [6.07, 6.45) is 15.8. The average Bonchev–Trinajstić information content (AvgIpc) is 2.76. The number of likely N-dealkylation sites (N-methyl/N-ethyl adjacent to an activating group) is 1. The molecule has 0 rings (SSSR count). The topological polar surface area (TPSA) is 101 Å². The van der Waals surface area contributed by atoms with E-state index < -0.39 is 31.0 Å². The summed E-state index contributed by atoms with van der Waals surface area (Å²) in [6.45, 7) is 2.80. The summed E-state index contributed by atoms with van der Waals surface area (Å²) in [7, 11) is 3.99. The van der Waals surface area contributed by atoms with Crippen LogP contribution in [0.5, 0.6) is 0 Å². The van der Waals surface area contributed by atoms with Crippen molar-refractivity contribution in [1.29, 1.82) is 0 Å². The minimum atomic E-state index is -1.55. The second kappa shape index (κ2) is 20.2. The molecule has 0 unspecified atom stereocenters. The Hall–Kier alpha value is -0.240. The molecule has 6 nitrogen and oxygen atoms in total. The normalized spacial score (nSPS) is 16.1. The highest BCUT2D eigenvalue weighted by Crippen LogP contribution is 2.15. The number of quaternary nitrogens is 1. The summed E-state index contributed by atoms with van der Waals surface area (Å²) in [6, 6.07) is 0. The molecule has 0 spiro atoms. The lowest BCUT2D eigenvalue weighted by atomic mass is 10.0. The van der Waals surface area contributed by atoms with Crippen molar-refractivity contribution in [2.24, 2.45) is 0 Å². The van der Waals surface area contributed by atoms with Gasteiger partial charge in [0.2, 0.25) is 0 Å². The highest BCUT2D eigenvalue weighted by Gasteiger charge is 2.33. The molecule has 0 aromatic heterocycles. The van der Waals surface area contributed by atoms with Crippen LogP contribution in [0.4, 0.5) is 0 Å². The number of hydrogen-bond acceptors (Lipinski definition) is 5. The molecule has 4 atom stereocenters. The summed E-state index contributed by atoms with van der Waals surface area (Å²) in [4.78, 5) is 0. The quantitative estimate of drug-likeness (QED) is 0.118. The third-order valence-corrected chi connectivity index (χ3v) is 6.62. The maximum Gasteiger partial charge on any atom is 0.131 e. The van der Waals surface area contributed by atoms with Crippen LogP contribution in [-0.2, 0) is 0 Å². The third-order valence-electron chi connectivity index (χ3n) is 6.62. The largest absolute Gasteiger partial charge is 0.394 e. The van der Waals surface area contributed by atoms with Crippen LogP contribution in [0.2, 0.25) is 0 Å². The number of unbranched alkanes of at least 4 members (excludes halogenated alkanes) is 15. The Balaban J connectivity index is 3.61. The monoisotopic (exact) mass is 462 g/mol. The van der Waals surface area contributed by atoms with Crippen LogP contribution >= 0.6 is 0 Å². The van der Waals surface area contributed by atoms with E-state index in [4.69, 9.17) is 5.11 Å². The van der Waals surface area contributed by atoms with Crippen molar-refractivity contribution in [3.05, 3.63) is 0 Å². The fraction of sp³-hybridized carbons (Fsp3) is 1.00. The molecule has 6 heteroatoms. The zero-order valence-corrected chi connectivity index (χ0v) is 21.4. The van der Waals surface area contributed by atoms with Gasteiger partial charge in [0.15, 0.2) is 0 Å². The highest BCUT2D eigenvalue weighted by molar-refractivity contribution is 4.80. The van der Waals surface area contributed by atoms with E-state index in [1.54, 1.807) is 0 Å². The first-order valence-corrected chi connectivity index (χ1v) is 13.4. The molecule has 0 radical (unpaired) electrons. The first-order chi connectivity index (χ1) is 15.2. The molecule has 0 amide bonds. The first kappa shape index (κ1) is 31.8. The van der Waals surface area contributed by atoms with Gasteiger partial charge in [-0.3, -0.25) is 0 Å². The summed E-state index contributed by atoms with van der Waals surface area (Å²) in [5.74, 6) is 0. The lowest BCUT2D eigenvalue weighted by Crippen LogP contribution is -2.54. The van der Waals surface area contributed by atoms with E-state index in [9.17, 15) is 20.4 Å². The minimum Gasteiger partial charge on any atom is -0.394 e. The molecule has 0 aromatic rings. The molecule has 0 aliphatic rings. The Kier molecular flexibility index (Phi) is 20.0. The Morgan fingerprint density at radius 1 is 0.531 bits per heavy atom. The SMILES string of the molecule is CCCCCCCCCCCCCCCCCC[N+](C)(C)C[C@@H](O)[C@@H](O)[C@H](O)[C@H](O)CO. The zero-order valence-electron chi connectivity index (χ0n) is 21.4. The Bertz CT molecular complexity index is 408. The lowest BCUT2D eigenvalue weighted by Gasteiger charge is -2.34. The van der Waals surface area contributed by atoms with E-state index in [0.717, 1.165) is 13.0 Å². The fourth-order valence-electron chi connectivity index (χ4n) is 4.36. The number of aliphatic hydroxyl groups excluding tert-OH is 5. The van der Waals surface area contributed by atoms with Crippen LogP contribution in [0.15, 0.2) is 0 Å². The van der Waals surface area contributed by atoms with Gasteiger partial charge in [-0.25, -0.2) is 0 Å². The van der Waals surface area contributed by atoms with Crippen LogP contribution in [0.3, 0.4) is 0 Å². The van der Waals surface area contributed by atoms with Crippen molar-refractivity contribution < 1.29 is 30.0 Å². The van der Waals surface area contributed by atoms with Crippen molar-refractivity contribution in [3.63, 3.8) is 0 Å². The van der Waals surface area contributed by atoms with Crippen LogP contribution in [-0.4, -0.2) is 88.2 Å². The van der Waals surface area contributed by atoms with Crippen LogP contribution in [0.1, 0.15) is 110 Å². The molecule has 0 aliphatic carbocycles. The van der Waals surface area contributed by atoms with Gasteiger partial charge in [-0.05, 0) is 12.8 Å². The number of aliphatic hydroxyl groups is 5. The average molecular weight is 463 g/mol. The van der Waals surface area contributed by atoms with E-state index >= 15 is 0 Å². The van der Waals surface area contributed by atoms with Crippen molar-refractivity contribution >= 4 is 0 Å². The Labute approximate surface area is 198 Å². The summed E-state index contributed by atoms with van der Waals surface area (Å²) in [5.41, 5.74) is 0. The fourth-order valence-corrected chi connectivity index (χ4v) is 4.36. The van der Waals surface area contributed by atoms with E-state index in [-0.39, 0.29) is 6.54 Å². The standard InChI is InChI=1S/C26H56NO5/c1-4-5-6-7-8-9-10-11-12-13-14-15-16-17-18-19-20-27(2,3)21-23(29)25(31)26(32)24(30)22-28/h23-26,28-32H,4-22H2,1-3H3/q+1/t23-,24-,25-,26-/m1/s1. The lowest BCUT2D eigenvalue weighted by molar-refractivity contribution is -0.894. The van der Waals surface area contributed by atoms with Gasteiger partial charge >= 0.3 is 0 Å². The molecular formula is C26H56NO5+. The molecule has 0 aliphatic heterocycles. The second-order valence-electron chi connectivity index (χ2n) is 10.4. The summed E-state index contributed by atoms with van der Waals surface area (Å²) >= 11 is 0. The van der Waals surface area contributed by atoms with Gasteiger partial charge in [-0.15, -0.1) is 0 Å². The van der Waals surface area contributed by atoms with Gasteiger partial charge in [0.1, 0.15) is 31.0 Å². The van der Waals surface area contributed by atoms with Crippen molar-refractivity contribution in [2.45, 2.75) is 134 Å². The van der Waals surface area contributed by atoms with Crippen molar-refractivity contribution in [2.75, 3.05) is 33.8 Å². The van der Waals surface area contributed by atoms with E-state index in [1.165, 1.54) is 96.3 Å². The van der Waals surface area contributed by atoms with Gasteiger partial charge in [0.25, 0.3) is 0 Å². The predicted molar refractivity (Wildman–Crippen MR) is 133 cm³/mol. The van der Waals surface area contributed by atoms with E-state index in [1.807, 2.05) is 14.1 Å². The predicted octanol–water partition coefficient (Wildman–Crippen LogP) is 3.76. The third kappa shape index (κ3) is 17.3.